The summed E-state index contributed by atoms with van der Waals surface area (Å²) in [5.74, 6) is 0. The fraction of sp³-hybridized carbons (Fsp3) is 0.588. The predicted octanol–water partition coefficient (Wildman–Crippen LogP) is 2.80. The molecule has 0 saturated carbocycles. The van der Waals surface area contributed by atoms with Crippen molar-refractivity contribution in [3.8, 4) is 0 Å². The van der Waals surface area contributed by atoms with Gasteiger partial charge in [0.25, 0.3) is 0 Å². The summed E-state index contributed by atoms with van der Waals surface area (Å²) in [4.78, 5) is 16.8. The first-order chi connectivity index (χ1) is 11.1. The molecule has 0 atom stereocenters. The fourth-order valence-corrected chi connectivity index (χ4v) is 2.82. The maximum atomic E-state index is 11.9. The van der Waals surface area contributed by atoms with Crippen LogP contribution in [0.4, 0.5) is 10.5 Å². The molecular formula is C17H27ClN4O. The molecule has 1 saturated heterocycles. The Labute approximate surface area is 144 Å². The summed E-state index contributed by atoms with van der Waals surface area (Å²) in [6, 6.07) is 5.34. The van der Waals surface area contributed by atoms with Gasteiger partial charge in [0.1, 0.15) is 0 Å². The van der Waals surface area contributed by atoms with Gasteiger partial charge in [-0.05, 0) is 51.1 Å². The minimum atomic E-state index is -0.171. The second-order valence-corrected chi connectivity index (χ2v) is 6.55. The van der Waals surface area contributed by atoms with Crippen LogP contribution in [0.1, 0.15) is 18.4 Å². The lowest BCUT2D eigenvalue weighted by Crippen LogP contribution is -2.44. The molecule has 1 aromatic carbocycles. The number of hydrogen-bond acceptors (Lipinski definition) is 3. The lowest BCUT2D eigenvalue weighted by Gasteiger charge is -2.32. The van der Waals surface area contributed by atoms with Crippen molar-refractivity contribution < 1.29 is 4.79 Å². The first kappa shape index (κ1) is 18.0. The summed E-state index contributed by atoms with van der Waals surface area (Å²) < 4.78 is 0. The van der Waals surface area contributed by atoms with E-state index in [1.165, 1.54) is 0 Å². The van der Waals surface area contributed by atoms with Gasteiger partial charge in [-0.2, -0.15) is 0 Å². The van der Waals surface area contributed by atoms with Gasteiger partial charge in [-0.3, -0.25) is 0 Å². The lowest BCUT2D eigenvalue weighted by atomic mass is 10.2. The lowest BCUT2D eigenvalue weighted by molar-refractivity contribution is 0.152. The second kappa shape index (κ2) is 9.11. The van der Waals surface area contributed by atoms with E-state index in [9.17, 15) is 4.79 Å². The van der Waals surface area contributed by atoms with Gasteiger partial charge in [0, 0.05) is 43.4 Å². The van der Waals surface area contributed by atoms with Crippen molar-refractivity contribution in [2.45, 2.75) is 19.8 Å². The number of benzene rings is 1. The highest BCUT2D eigenvalue weighted by molar-refractivity contribution is 6.31. The Bertz CT molecular complexity index is 515. The number of anilines is 1. The zero-order valence-corrected chi connectivity index (χ0v) is 14.8. The van der Waals surface area contributed by atoms with Gasteiger partial charge < -0.3 is 20.4 Å². The van der Waals surface area contributed by atoms with Crippen LogP contribution in [0.15, 0.2) is 18.2 Å². The number of nitrogens with zero attached hydrogens (tertiary/aromatic N) is 2. The van der Waals surface area contributed by atoms with Gasteiger partial charge in [-0.15, -0.1) is 0 Å². The number of urea groups is 1. The molecule has 1 fully saturated rings. The van der Waals surface area contributed by atoms with Crippen molar-refractivity contribution in [3.63, 3.8) is 0 Å². The van der Waals surface area contributed by atoms with E-state index in [1.807, 2.05) is 25.1 Å². The fourth-order valence-electron chi connectivity index (χ4n) is 2.64. The number of carbonyl (C=O) groups is 1. The Hall–Kier alpha value is -1.30. The first-order valence-corrected chi connectivity index (χ1v) is 8.65. The third kappa shape index (κ3) is 6.01. The zero-order valence-electron chi connectivity index (χ0n) is 14.1. The molecule has 2 N–H and O–H groups in total. The number of halogens is 1. The molecule has 1 aliphatic rings. The van der Waals surface area contributed by atoms with Gasteiger partial charge in [0.05, 0.1) is 0 Å². The minimum Gasteiger partial charge on any atom is -0.338 e. The van der Waals surface area contributed by atoms with Crippen LogP contribution in [-0.2, 0) is 0 Å². The molecule has 0 spiro atoms. The summed E-state index contributed by atoms with van der Waals surface area (Å²) in [5.41, 5.74) is 1.65. The van der Waals surface area contributed by atoms with Crippen molar-refractivity contribution in [3.05, 3.63) is 28.8 Å². The SMILES string of the molecule is Cc1c(Cl)cccc1NC(=O)NCCCCN1CCN(C)CC1. The van der Waals surface area contributed by atoms with E-state index in [4.69, 9.17) is 11.6 Å². The molecule has 1 aliphatic heterocycles. The van der Waals surface area contributed by atoms with Crippen LogP contribution in [0.5, 0.6) is 0 Å². The number of rotatable bonds is 6. The first-order valence-electron chi connectivity index (χ1n) is 8.27. The maximum Gasteiger partial charge on any atom is 0.319 e. The number of nitrogens with one attached hydrogen (secondary N) is 2. The molecule has 2 rings (SSSR count). The van der Waals surface area contributed by atoms with E-state index in [0.717, 1.165) is 56.8 Å². The van der Waals surface area contributed by atoms with E-state index in [-0.39, 0.29) is 6.03 Å². The topological polar surface area (TPSA) is 47.6 Å². The van der Waals surface area contributed by atoms with Crippen LogP contribution in [-0.4, -0.2) is 62.1 Å². The van der Waals surface area contributed by atoms with Crippen LogP contribution >= 0.6 is 11.6 Å². The zero-order chi connectivity index (χ0) is 16.7. The summed E-state index contributed by atoms with van der Waals surface area (Å²) in [7, 11) is 2.17. The molecule has 0 aromatic heterocycles. The summed E-state index contributed by atoms with van der Waals surface area (Å²) in [6.07, 6.45) is 2.11. The molecule has 1 aromatic rings. The second-order valence-electron chi connectivity index (χ2n) is 6.15. The summed E-state index contributed by atoms with van der Waals surface area (Å²) in [5, 5.41) is 6.41. The molecule has 23 heavy (non-hydrogen) atoms. The molecule has 128 valence electrons. The van der Waals surface area contributed by atoms with E-state index in [1.54, 1.807) is 0 Å². The Morgan fingerprint density at radius 2 is 1.96 bits per heavy atom. The molecule has 0 bridgehead atoms. The number of unbranched alkanes of at least 4 members (excludes halogenated alkanes) is 1. The van der Waals surface area contributed by atoms with E-state index >= 15 is 0 Å². The van der Waals surface area contributed by atoms with E-state index in [2.05, 4.69) is 27.5 Å². The van der Waals surface area contributed by atoms with Crippen molar-refractivity contribution in [1.29, 1.82) is 0 Å². The number of likely N-dealkylation sites (N-methyl/N-ethyl adjacent to an activating group) is 1. The van der Waals surface area contributed by atoms with Gasteiger partial charge in [-0.1, -0.05) is 17.7 Å². The number of piperazine rings is 1. The number of carbonyl (C=O) groups excluding carboxylic acids is 1. The van der Waals surface area contributed by atoms with Crippen LogP contribution in [0.25, 0.3) is 0 Å². The van der Waals surface area contributed by atoms with Gasteiger partial charge in [0.2, 0.25) is 0 Å². The monoisotopic (exact) mass is 338 g/mol. The van der Waals surface area contributed by atoms with E-state index in [0.29, 0.717) is 11.6 Å². The van der Waals surface area contributed by atoms with Gasteiger partial charge in [-0.25, -0.2) is 4.79 Å². The van der Waals surface area contributed by atoms with Crippen molar-refractivity contribution in [2.24, 2.45) is 0 Å². The van der Waals surface area contributed by atoms with Crippen LogP contribution in [0.3, 0.4) is 0 Å². The Morgan fingerprint density at radius 3 is 2.70 bits per heavy atom. The van der Waals surface area contributed by atoms with Gasteiger partial charge >= 0.3 is 6.03 Å². The number of hydrogen-bond donors (Lipinski definition) is 2. The largest absolute Gasteiger partial charge is 0.338 e. The molecule has 6 heteroatoms. The van der Waals surface area contributed by atoms with Gasteiger partial charge in [0.15, 0.2) is 0 Å². The van der Waals surface area contributed by atoms with Crippen LogP contribution in [0.2, 0.25) is 5.02 Å². The smallest absolute Gasteiger partial charge is 0.319 e. The minimum absolute atomic E-state index is 0.171. The normalized spacial score (nSPS) is 16.3. The average Bonchev–Trinajstić information content (AvgIpc) is 2.53. The Kier molecular flexibility index (Phi) is 7.15. The quantitative estimate of drug-likeness (QED) is 0.784. The standard InChI is InChI=1S/C17H27ClN4O/c1-14-15(18)6-5-7-16(14)20-17(23)19-8-3-4-9-22-12-10-21(2)11-13-22/h5-7H,3-4,8-13H2,1-2H3,(H2,19,20,23). The van der Waals surface area contributed by atoms with Crippen LogP contribution < -0.4 is 10.6 Å². The Morgan fingerprint density at radius 1 is 1.22 bits per heavy atom. The van der Waals surface area contributed by atoms with Crippen molar-refractivity contribution in [1.82, 2.24) is 15.1 Å². The Balaban J connectivity index is 1.59. The summed E-state index contributed by atoms with van der Waals surface area (Å²) in [6.45, 7) is 8.31. The predicted molar refractivity (Wildman–Crippen MR) is 96.4 cm³/mol. The highest BCUT2D eigenvalue weighted by Gasteiger charge is 2.12. The highest BCUT2D eigenvalue weighted by atomic mass is 35.5. The average molecular weight is 339 g/mol. The third-order valence-electron chi connectivity index (χ3n) is 4.30. The van der Waals surface area contributed by atoms with E-state index < -0.39 is 0 Å². The van der Waals surface area contributed by atoms with Crippen molar-refractivity contribution >= 4 is 23.3 Å². The molecule has 0 radical (unpaired) electrons. The maximum absolute atomic E-state index is 11.9. The number of amides is 2. The third-order valence-corrected chi connectivity index (χ3v) is 4.71. The molecular weight excluding hydrogens is 312 g/mol. The molecule has 0 unspecified atom stereocenters. The highest BCUT2D eigenvalue weighted by Crippen LogP contribution is 2.22. The molecule has 2 amide bonds. The molecule has 0 aliphatic carbocycles. The molecule has 1 heterocycles. The molecule has 5 nitrogen and oxygen atoms in total. The summed E-state index contributed by atoms with van der Waals surface area (Å²) >= 11 is 6.05. The van der Waals surface area contributed by atoms with Crippen molar-refractivity contribution in [2.75, 3.05) is 51.6 Å². The van der Waals surface area contributed by atoms with Crippen LogP contribution in [0, 0.1) is 6.92 Å².